The lowest BCUT2D eigenvalue weighted by Gasteiger charge is -2.18. The van der Waals surface area contributed by atoms with Crippen LogP contribution in [0.15, 0.2) is 10.9 Å². The SMILES string of the molecule is C[C@@H]1O[C@H](n2c(Br)c(C(N)=O)c3c(N)ncnc32)[C@@H](O)[C@@H]1O. The molecule has 1 amide bonds. The van der Waals surface area contributed by atoms with Crippen LogP contribution in [0.25, 0.3) is 11.0 Å². The first-order valence-electron chi connectivity index (χ1n) is 6.45. The first-order chi connectivity index (χ1) is 10.3. The van der Waals surface area contributed by atoms with Gasteiger partial charge in [-0.3, -0.25) is 9.36 Å². The molecule has 0 spiro atoms. The Morgan fingerprint density at radius 2 is 2.09 bits per heavy atom. The Balaban J connectivity index is 2.29. The number of halogens is 1. The minimum atomic E-state index is -1.20. The molecule has 3 heterocycles. The fourth-order valence-electron chi connectivity index (χ4n) is 2.63. The standard InChI is InChI=1S/C12H14BrN5O4/c1-3-6(19)7(20)12(22-3)18-8(13)4(10(15)21)5-9(14)16-2-17-11(5)18/h2-3,6-7,12,19-20H,1H3,(H2,15,21)(H2,14,16,17)/t3-,6+,7-,12-/m0/s1. The number of aromatic nitrogens is 3. The summed E-state index contributed by atoms with van der Waals surface area (Å²) in [5.41, 5.74) is 11.6. The van der Waals surface area contributed by atoms with E-state index in [1.54, 1.807) is 6.92 Å². The van der Waals surface area contributed by atoms with Crippen LogP contribution in [0.5, 0.6) is 0 Å². The average molecular weight is 372 g/mol. The Morgan fingerprint density at radius 1 is 1.41 bits per heavy atom. The van der Waals surface area contributed by atoms with Crippen LogP contribution in [0.4, 0.5) is 5.82 Å². The summed E-state index contributed by atoms with van der Waals surface area (Å²) in [5.74, 6) is -0.641. The average Bonchev–Trinajstić information content (AvgIpc) is 2.88. The zero-order valence-corrected chi connectivity index (χ0v) is 13.1. The molecule has 10 heteroatoms. The van der Waals surface area contributed by atoms with Crippen molar-refractivity contribution in [1.82, 2.24) is 14.5 Å². The van der Waals surface area contributed by atoms with Gasteiger partial charge < -0.3 is 26.4 Å². The number of aliphatic hydroxyl groups excluding tert-OH is 2. The van der Waals surface area contributed by atoms with Gasteiger partial charge in [0, 0.05) is 0 Å². The van der Waals surface area contributed by atoms with Gasteiger partial charge in [-0.1, -0.05) is 0 Å². The molecule has 1 aliphatic rings. The highest BCUT2D eigenvalue weighted by atomic mass is 79.9. The van der Waals surface area contributed by atoms with Crippen LogP contribution in [0.1, 0.15) is 23.5 Å². The minimum Gasteiger partial charge on any atom is -0.388 e. The van der Waals surface area contributed by atoms with E-state index in [0.717, 1.165) is 0 Å². The number of nitrogens with two attached hydrogens (primary N) is 2. The fourth-order valence-corrected chi connectivity index (χ4v) is 3.39. The number of anilines is 1. The lowest BCUT2D eigenvalue weighted by atomic mass is 10.1. The maximum Gasteiger partial charge on any atom is 0.252 e. The van der Waals surface area contributed by atoms with Gasteiger partial charge in [-0.15, -0.1) is 0 Å². The lowest BCUT2D eigenvalue weighted by Crippen LogP contribution is -2.30. The zero-order valence-electron chi connectivity index (χ0n) is 11.5. The van der Waals surface area contributed by atoms with E-state index in [1.165, 1.54) is 10.9 Å². The Kier molecular flexibility index (Phi) is 3.56. The molecule has 1 saturated heterocycles. The van der Waals surface area contributed by atoms with Crippen LogP contribution in [0.2, 0.25) is 0 Å². The maximum absolute atomic E-state index is 11.7. The smallest absolute Gasteiger partial charge is 0.252 e. The second kappa shape index (κ2) is 5.16. The second-order valence-corrected chi connectivity index (χ2v) is 5.82. The summed E-state index contributed by atoms with van der Waals surface area (Å²) in [6.07, 6.45) is -2.55. The quantitative estimate of drug-likeness (QED) is 0.556. The van der Waals surface area contributed by atoms with Gasteiger partial charge in [-0.25, -0.2) is 9.97 Å². The number of nitrogen functional groups attached to an aromatic ring is 1. The van der Waals surface area contributed by atoms with Crippen LogP contribution in [0, 0.1) is 0 Å². The number of primary amides is 1. The van der Waals surface area contributed by atoms with Gasteiger partial charge in [-0.05, 0) is 22.9 Å². The molecule has 0 radical (unpaired) electrons. The molecule has 1 aliphatic heterocycles. The third kappa shape index (κ3) is 1.99. The third-order valence-electron chi connectivity index (χ3n) is 3.73. The van der Waals surface area contributed by atoms with Crippen LogP contribution >= 0.6 is 15.9 Å². The number of amides is 1. The number of hydrogen-bond donors (Lipinski definition) is 4. The van der Waals surface area contributed by atoms with Gasteiger partial charge in [0.05, 0.1) is 17.1 Å². The first kappa shape index (κ1) is 15.2. The molecule has 22 heavy (non-hydrogen) atoms. The van der Waals surface area contributed by atoms with Crippen LogP contribution in [-0.4, -0.2) is 49.0 Å². The molecule has 0 aliphatic carbocycles. The fraction of sp³-hybridized carbons (Fsp3) is 0.417. The van der Waals surface area contributed by atoms with Gasteiger partial charge in [-0.2, -0.15) is 0 Å². The highest BCUT2D eigenvalue weighted by Gasteiger charge is 2.43. The van der Waals surface area contributed by atoms with Gasteiger partial charge >= 0.3 is 0 Å². The first-order valence-corrected chi connectivity index (χ1v) is 7.25. The molecule has 1 fully saturated rings. The van der Waals surface area contributed by atoms with Crippen molar-refractivity contribution in [3.8, 4) is 0 Å². The number of fused-ring (bicyclic) bond motifs is 1. The molecule has 6 N–H and O–H groups in total. The molecular formula is C12H14BrN5O4. The molecule has 9 nitrogen and oxygen atoms in total. The van der Waals surface area contributed by atoms with Crippen molar-refractivity contribution in [3.05, 3.63) is 16.5 Å². The summed E-state index contributed by atoms with van der Waals surface area (Å²) in [6, 6.07) is 0. The largest absolute Gasteiger partial charge is 0.388 e. The predicted octanol–water partition coefficient (Wildman–Crippen LogP) is -0.486. The molecule has 118 valence electrons. The lowest BCUT2D eigenvalue weighted by molar-refractivity contribution is -0.0309. The maximum atomic E-state index is 11.7. The monoisotopic (exact) mass is 371 g/mol. The van der Waals surface area contributed by atoms with E-state index < -0.39 is 30.4 Å². The normalized spacial score (nSPS) is 28.4. The van der Waals surface area contributed by atoms with Crippen molar-refractivity contribution in [2.24, 2.45) is 5.73 Å². The van der Waals surface area contributed by atoms with Gasteiger partial charge in [0.1, 0.15) is 34.6 Å². The van der Waals surface area contributed by atoms with Crippen LogP contribution < -0.4 is 11.5 Å². The van der Waals surface area contributed by atoms with E-state index in [2.05, 4.69) is 25.9 Å². The second-order valence-electron chi connectivity index (χ2n) is 5.07. The van der Waals surface area contributed by atoms with Crippen molar-refractivity contribution in [1.29, 1.82) is 0 Å². The third-order valence-corrected chi connectivity index (χ3v) is 4.51. The summed E-state index contributed by atoms with van der Waals surface area (Å²) >= 11 is 3.27. The number of ether oxygens (including phenoxy) is 1. The Hall–Kier alpha value is -1.75. The molecule has 2 aromatic rings. The highest BCUT2D eigenvalue weighted by Crippen LogP contribution is 2.39. The Bertz CT molecular complexity index is 764. The minimum absolute atomic E-state index is 0.0827. The number of hydrogen-bond acceptors (Lipinski definition) is 7. The van der Waals surface area contributed by atoms with Crippen molar-refractivity contribution < 1.29 is 19.7 Å². The molecule has 3 rings (SSSR count). The van der Waals surface area contributed by atoms with Crippen molar-refractivity contribution >= 4 is 38.7 Å². The van der Waals surface area contributed by atoms with E-state index in [9.17, 15) is 15.0 Å². The number of nitrogens with zero attached hydrogens (tertiary/aromatic N) is 3. The van der Waals surface area contributed by atoms with Gasteiger partial charge in [0.25, 0.3) is 5.91 Å². The summed E-state index contributed by atoms with van der Waals surface area (Å²) in [4.78, 5) is 19.7. The van der Waals surface area contributed by atoms with Crippen LogP contribution in [0.3, 0.4) is 0 Å². The Labute approximate surface area is 133 Å². The van der Waals surface area contributed by atoms with Gasteiger partial charge in [0.15, 0.2) is 6.23 Å². The summed E-state index contributed by atoms with van der Waals surface area (Å²) in [5, 5.41) is 20.3. The molecule has 0 bridgehead atoms. The van der Waals surface area contributed by atoms with Crippen LogP contribution in [-0.2, 0) is 4.74 Å². The van der Waals surface area contributed by atoms with E-state index in [0.29, 0.717) is 0 Å². The topological polar surface area (TPSA) is 150 Å². The summed E-state index contributed by atoms with van der Waals surface area (Å²) in [7, 11) is 0. The number of carbonyl (C=O) groups is 1. The molecular weight excluding hydrogens is 358 g/mol. The van der Waals surface area contributed by atoms with E-state index in [-0.39, 0.29) is 27.0 Å². The molecule has 4 atom stereocenters. The van der Waals surface area contributed by atoms with E-state index >= 15 is 0 Å². The van der Waals surface area contributed by atoms with E-state index in [4.69, 9.17) is 16.2 Å². The zero-order chi connectivity index (χ0) is 16.2. The molecule has 0 saturated carbocycles. The summed E-state index contributed by atoms with van der Waals surface area (Å²) < 4.78 is 7.27. The summed E-state index contributed by atoms with van der Waals surface area (Å²) in [6.45, 7) is 1.63. The molecule has 0 unspecified atom stereocenters. The number of aliphatic hydroxyl groups is 2. The number of rotatable bonds is 2. The highest BCUT2D eigenvalue weighted by molar-refractivity contribution is 9.10. The van der Waals surface area contributed by atoms with Crippen molar-refractivity contribution in [3.63, 3.8) is 0 Å². The van der Waals surface area contributed by atoms with Crippen molar-refractivity contribution in [2.45, 2.75) is 31.5 Å². The van der Waals surface area contributed by atoms with Crippen molar-refractivity contribution in [2.75, 3.05) is 5.73 Å². The Morgan fingerprint density at radius 3 is 2.64 bits per heavy atom. The predicted molar refractivity (Wildman–Crippen MR) is 79.8 cm³/mol. The number of carbonyl (C=O) groups excluding carboxylic acids is 1. The molecule has 0 aromatic carbocycles. The van der Waals surface area contributed by atoms with E-state index in [1.807, 2.05) is 0 Å². The van der Waals surface area contributed by atoms with Gasteiger partial charge in [0.2, 0.25) is 0 Å². The molecule has 2 aromatic heterocycles.